The summed E-state index contributed by atoms with van der Waals surface area (Å²) >= 11 is 0. The number of carbonyl (C=O) groups is 1. The van der Waals surface area contributed by atoms with E-state index in [0.29, 0.717) is 16.4 Å². The van der Waals surface area contributed by atoms with Crippen molar-refractivity contribution in [1.82, 2.24) is 9.97 Å². The molecule has 0 atom stereocenters. The van der Waals surface area contributed by atoms with Crippen molar-refractivity contribution in [3.8, 4) is 11.3 Å². The van der Waals surface area contributed by atoms with Crippen molar-refractivity contribution >= 4 is 27.8 Å². The van der Waals surface area contributed by atoms with Gasteiger partial charge in [-0.05, 0) is 24.3 Å². The van der Waals surface area contributed by atoms with Crippen molar-refractivity contribution in [3.63, 3.8) is 0 Å². The van der Waals surface area contributed by atoms with Gasteiger partial charge in [-0.15, -0.1) is 0 Å². The van der Waals surface area contributed by atoms with Gasteiger partial charge in [-0.1, -0.05) is 18.2 Å². The summed E-state index contributed by atoms with van der Waals surface area (Å²) in [6.45, 7) is 0. The fourth-order valence-corrected chi connectivity index (χ4v) is 2.86. The van der Waals surface area contributed by atoms with Gasteiger partial charge in [0.05, 0.1) is 11.2 Å². The molecule has 7 heteroatoms. The van der Waals surface area contributed by atoms with Crippen LogP contribution in [0.1, 0.15) is 10.5 Å². The van der Waals surface area contributed by atoms with Crippen LogP contribution in [0, 0.1) is 17.5 Å². The van der Waals surface area contributed by atoms with Crippen LogP contribution in [-0.4, -0.2) is 21.0 Å². The smallest absolute Gasteiger partial charge is 0.354 e. The summed E-state index contributed by atoms with van der Waals surface area (Å²) in [5.74, 6) is -5.62. The van der Waals surface area contributed by atoms with Gasteiger partial charge in [-0.2, -0.15) is 0 Å². The average molecular weight is 342 g/mol. The minimum Gasteiger partial charge on any atom is -0.477 e. The maximum Gasteiger partial charge on any atom is 0.354 e. The lowest BCUT2D eigenvalue weighted by Gasteiger charge is -2.06. The van der Waals surface area contributed by atoms with Gasteiger partial charge in [0.2, 0.25) is 0 Å². The van der Waals surface area contributed by atoms with Crippen molar-refractivity contribution in [1.29, 1.82) is 0 Å². The van der Waals surface area contributed by atoms with E-state index >= 15 is 0 Å². The Kier molecular flexibility index (Phi) is 3.24. The van der Waals surface area contributed by atoms with Gasteiger partial charge in [-0.25, -0.2) is 22.9 Å². The van der Waals surface area contributed by atoms with Gasteiger partial charge in [0, 0.05) is 21.9 Å². The van der Waals surface area contributed by atoms with E-state index in [9.17, 15) is 23.1 Å². The maximum atomic E-state index is 13.6. The van der Waals surface area contributed by atoms with Gasteiger partial charge in [-0.3, -0.25) is 0 Å². The van der Waals surface area contributed by atoms with Crippen LogP contribution < -0.4 is 0 Å². The number of nitrogens with zero attached hydrogens (tertiary/aromatic N) is 1. The molecule has 0 saturated heterocycles. The van der Waals surface area contributed by atoms with Gasteiger partial charge in [0.1, 0.15) is 5.69 Å². The van der Waals surface area contributed by atoms with Gasteiger partial charge in [0.15, 0.2) is 17.5 Å². The van der Waals surface area contributed by atoms with Gasteiger partial charge < -0.3 is 10.1 Å². The van der Waals surface area contributed by atoms with Gasteiger partial charge >= 0.3 is 5.97 Å². The van der Waals surface area contributed by atoms with E-state index in [0.717, 1.165) is 17.5 Å². The van der Waals surface area contributed by atoms with Crippen LogP contribution in [0.15, 0.2) is 42.5 Å². The predicted octanol–water partition coefficient (Wildman–Crippen LogP) is 4.50. The van der Waals surface area contributed by atoms with Gasteiger partial charge in [0.25, 0.3) is 0 Å². The molecule has 0 aliphatic carbocycles. The molecule has 0 amide bonds. The van der Waals surface area contributed by atoms with Crippen LogP contribution in [0.4, 0.5) is 13.2 Å². The summed E-state index contributed by atoms with van der Waals surface area (Å²) in [4.78, 5) is 18.5. The Morgan fingerprint density at radius 2 is 1.68 bits per heavy atom. The van der Waals surface area contributed by atoms with Crippen molar-refractivity contribution in [2.45, 2.75) is 0 Å². The van der Waals surface area contributed by atoms with Crippen LogP contribution in [0.5, 0.6) is 0 Å². The topological polar surface area (TPSA) is 66.0 Å². The number of para-hydroxylation sites is 1. The zero-order chi connectivity index (χ0) is 17.7. The van der Waals surface area contributed by atoms with E-state index in [2.05, 4.69) is 9.97 Å². The Balaban J connectivity index is 2.13. The van der Waals surface area contributed by atoms with Crippen LogP contribution in [0.25, 0.3) is 33.1 Å². The Morgan fingerprint density at radius 3 is 2.36 bits per heavy atom. The molecule has 4 rings (SSSR count). The highest BCUT2D eigenvalue weighted by Gasteiger charge is 2.19. The molecule has 2 aromatic carbocycles. The lowest BCUT2D eigenvalue weighted by molar-refractivity contribution is 0.0691. The second-order valence-corrected chi connectivity index (χ2v) is 5.51. The summed E-state index contributed by atoms with van der Waals surface area (Å²) in [5.41, 5.74) is 0.820. The summed E-state index contributed by atoms with van der Waals surface area (Å²) in [6, 6.07) is 10.1. The summed E-state index contributed by atoms with van der Waals surface area (Å²) in [6.07, 6.45) is 0. The molecule has 25 heavy (non-hydrogen) atoms. The molecular formula is C18H9F3N2O2. The molecule has 0 fully saturated rings. The van der Waals surface area contributed by atoms with Crippen LogP contribution in [0.3, 0.4) is 0 Å². The third kappa shape index (κ3) is 2.32. The highest BCUT2D eigenvalue weighted by molar-refractivity contribution is 6.12. The zero-order valence-corrected chi connectivity index (χ0v) is 12.5. The van der Waals surface area contributed by atoms with E-state index < -0.39 is 23.4 Å². The summed E-state index contributed by atoms with van der Waals surface area (Å²) in [5, 5.41) is 10.6. The van der Waals surface area contributed by atoms with Crippen molar-refractivity contribution in [2.75, 3.05) is 0 Å². The molecule has 0 aliphatic heterocycles. The second kappa shape index (κ2) is 5.34. The molecule has 0 bridgehead atoms. The number of aromatic amines is 1. The molecule has 4 nitrogen and oxygen atoms in total. The van der Waals surface area contributed by atoms with E-state index in [1.807, 2.05) is 0 Å². The first-order chi connectivity index (χ1) is 12.0. The molecule has 4 aromatic rings. The monoisotopic (exact) mass is 342 g/mol. The maximum absolute atomic E-state index is 13.6. The molecule has 0 aliphatic rings. The number of halogens is 3. The fraction of sp³-hybridized carbons (Fsp3) is 0. The van der Waals surface area contributed by atoms with E-state index in [1.165, 1.54) is 6.07 Å². The van der Waals surface area contributed by atoms with E-state index in [-0.39, 0.29) is 17.0 Å². The number of nitrogens with one attached hydrogen (secondary N) is 1. The average Bonchev–Trinajstić information content (AvgIpc) is 2.97. The quantitative estimate of drug-likeness (QED) is 0.527. The summed E-state index contributed by atoms with van der Waals surface area (Å²) in [7, 11) is 0. The normalized spacial score (nSPS) is 11.3. The van der Waals surface area contributed by atoms with Crippen molar-refractivity contribution < 1.29 is 23.1 Å². The van der Waals surface area contributed by atoms with Crippen LogP contribution in [0.2, 0.25) is 0 Å². The molecule has 0 radical (unpaired) electrons. The molecule has 2 N–H and O–H groups in total. The lowest BCUT2D eigenvalue weighted by Crippen LogP contribution is -2.02. The first-order valence-corrected chi connectivity index (χ1v) is 7.25. The number of hydrogen-bond acceptors (Lipinski definition) is 2. The number of benzene rings is 2. The Labute approximate surface area is 138 Å². The number of aromatic nitrogens is 2. The van der Waals surface area contributed by atoms with E-state index in [1.54, 1.807) is 24.3 Å². The predicted molar refractivity (Wildman–Crippen MR) is 85.9 cm³/mol. The molecule has 124 valence electrons. The number of rotatable bonds is 2. The first kappa shape index (κ1) is 15.2. The number of H-pyrrole nitrogens is 1. The molecule has 0 spiro atoms. The molecule has 0 unspecified atom stereocenters. The Bertz CT molecular complexity index is 1140. The van der Waals surface area contributed by atoms with Crippen molar-refractivity contribution in [3.05, 3.63) is 65.6 Å². The minimum absolute atomic E-state index is 0.0314. The third-order valence-electron chi connectivity index (χ3n) is 3.97. The zero-order valence-electron chi connectivity index (χ0n) is 12.5. The molecule has 2 heterocycles. The SMILES string of the molecule is O=C(O)c1cc2c([nH]c3ccccc32)c(-c2cc(F)c(F)c(F)c2)n1. The minimum atomic E-state index is -1.59. The Hall–Kier alpha value is -3.35. The summed E-state index contributed by atoms with van der Waals surface area (Å²) < 4.78 is 40.5. The number of carboxylic acids is 1. The fourth-order valence-electron chi connectivity index (χ4n) is 2.86. The highest BCUT2D eigenvalue weighted by atomic mass is 19.2. The first-order valence-electron chi connectivity index (χ1n) is 7.25. The number of pyridine rings is 1. The number of carboxylic acid groups (broad SMARTS) is 1. The molecular weight excluding hydrogens is 333 g/mol. The largest absolute Gasteiger partial charge is 0.477 e. The number of fused-ring (bicyclic) bond motifs is 3. The third-order valence-corrected chi connectivity index (χ3v) is 3.97. The van der Waals surface area contributed by atoms with Crippen LogP contribution >= 0.6 is 0 Å². The standard InChI is InChI=1S/C18H9F3N2O2/c19-11-5-8(6-12(20)15(11)21)16-17-10(7-14(23-16)18(24)25)9-3-1-2-4-13(9)22-17/h1-7,22H,(H,24,25). The Morgan fingerprint density at radius 1 is 1.00 bits per heavy atom. The van der Waals surface area contributed by atoms with Crippen LogP contribution in [-0.2, 0) is 0 Å². The molecule has 2 aromatic heterocycles. The lowest BCUT2D eigenvalue weighted by atomic mass is 10.1. The number of hydrogen-bond donors (Lipinski definition) is 2. The van der Waals surface area contributed by atoms with E-state index in [4.69, 9.17) is 0 Å². The highest BCUT2D eigenvalue weighted by Crippen LogP contribution is 2.33. The second-order valence-electron chi connectivity index (χ2n) is 5.51. The van der Waals surface area contributed by atoms with Crippen molar-refractivity contribution in [2.24, 2.45) is 0 Å². The molecule has 0 saturated carbocycles. The number of aromatic carboxylic acids is 1.